The van der Waals surface area contributed by atoms with Gasteiger partial charge in [0.15, 0.2) is 0 Å². The summed E-state index contributed by atoms with van der Waals surface area (Å²) in [5, 5.41) is 0. The predicted molar refractivity (Wildman–Crippen MR) is 89.0 cm³/mol. The van der Waals surface area contributed by atoms with Gasteiger partial charge >= 0.3 is 17.9 Å². The number of allylic oxidation sites excluding steroid dienone is 2. The van der Waals surface area contributed by atoms with E-state index in [1.807, 2.05) is 0 Å². The van der Waals surface area contributed by atoms with Gasteiger partial charge in [0.25, 0.3) is 0 Å². The lowest BCUT2D eigenvalue weighted by Crippen LogP contribution is -2.17. The molecule has 0 aromatic carbocycles. The largest absolute Gasteiger partial charge is 0.466 e. The fourth-order valence-electron chi connectivity index (χ4n) is 1.97. The zero-order chi connectivity index (χ0) is 18.9. The van der Waals surface area contributed by atoms with Gasteiger partial charge in [-0.25, -0.2) is 14.4 Å². The Bertz CT molecular complexity index is 757. The molecule has 0 saturated carbocycles. The number of hydrogen-bond acceptors (Lipinski definition) is 8. The summed E-state index contributed by atoms with van der Waals surface area (Å²) >= 11 is 0. The molecule has 1 aromatic heterocycles. The topological polar surface area (TPSA) is 95.3 Å². The molecule has 0 aliphatic carbocycles. The minimum absolute atomic E-state index is 0.0133. The van der Waals surface area contributed by atoms with Gasteiger partial charge in [0.05, 0.1) is 26.1 Å². The van der Waals surface area contributed by atoms with Gasteiger partial charge in [-0.15, -0.1) is 0 Å². The lowest BCUT2D eigenvalue weighted by atomic mass is 9.98. The zero-order valence-electron chi connectivity index (χ0n) is 14.2. The molecule has 0 atom stereocenters. The molecule has 8 heteroatoms. The van der Waals surface area contributed by atoms with E-state index in [0.29, 0.717) is 0 Å². The molecular weight excluding hydrogens is 342 g/mol. The number of hydrogen-bond donors (Lipinski definition) is 0. The molecule has 136 valence electrons. The molecule has 0 unspecified atom stereocenters. The maximum atomic E-state index is 12.0. The number of carbonyl (C=O) groups excluding carboxylic acids is 3. The Labute approximate surface area is 149 Å². The summed E-state index contributed by atoms with van der Waals surface area (Å²) in [6, 6.07) is 2.99. The monoisotopic (exact) mass is 359 g/mol. The van der Waals surface area contributed by atoms with Crippen molar-refractivity contribution in [1.82, 2.24) is 4.90 Å². The van der Waals surface area contributed by atoms with Crippen LogP contribution in [0.5, 0.6) is 0 Å². The number of esters is 3. The highest BCUT2D eigenvalue weighted by Crippen LogP contribution is 2.21. The van der Waals surface area contributed by atoms with Gasteiger partial charge in [0.1, 0.15) is 6.26 Å². The number of furan rings is 1. The molecule has 0 radical (unpaired) electrons. The van der Waals surface area contributed by atoms with Gasteiger partial charge in [-0.05, 0) is 12.1 Å². The third-order valence-corrected chi connectivity index (χ3v) is 3.31. The molecule has 1 aromatic rings. The maximum Gasteiger partial charge on any atom is 0.379 e. The Morgan fingerprint density at radius 3 is 2.46 bits per heavy atom. The Kier molecular flexibility index (Phi) is 6.55. The van der Waals surface area contributed by atoms with E-state index in [0.717, 1.165) is 6.26 Å². The quantitative estimate of drug-likeness (QED) is 0.330. The second kappa shape index (κ2) is 9.07. The number of nitrogens with zero attached hydrogens (tertiary/aromatic N) is 1. The van der Waals surface area contributed by atoms with E-state index in [2.05, 4.69) is 4.74 Å². The lowest BCUT2D eigenvalue weighted by Gasteiger charge is -2.19. The molecule has 26 heavy (non-hydrogen) atoms. The van der Waals surface area contributed by atoms with E-state index >= 15 is 0 Å². The van der Waals surface area contributed by atoms with Crippen LogP contribution in [0, 0.1) is 5.92 Å². The summed E-state index contributed by atoms with van der Waals surface area (Å²) in [7, 11) is 2.51. The number of methoxy groups -OCH3 is 2. The molecule has 0 fully saturated rings. The van der Waals surface area contributed by atoms with E-state index in [1.165, 1.54) is 38.8 Å². The highest BCUT2D eigenvalue weighted by molar-refractivity contribution is 5.91. The molecular formula is C18H17NO7. The highest BCUT2D eigenvalue weighted by Gasteiger charge is 2.21. The molecule has 0 bridgehead atoms. The Morgan fingerprint density at radius 2 is 1.88 bits per heavy atom. The number of rotatable bonds is 6. The van der Waals surface area contributed by atoms with E-state index in [4.69, 9.17) is 13.9 Å². The minimum atomic E-state index is -0.734. The highest BCUT2D eigenvalue weighted by atomic mass is 16.5. The molecule has 0 N–H and O–H groups in total. The fourth-order valence-corrected chi connectivity index (χ4v) is 1.97. The van der Waals surface area contributed by atoms with Crippen LogP contribution in [0.15, 0.2) is 71.5 Å². The molecule has 1 aliphatic heterocycles. The van der Waals surface area contributed by atoms with Crippen molar-refractivity contribution < 1.29 is 33.0 Å². The molecule has 2 heterocycles. The Morgan fingerprint density at radius 1 is 1.15 bits per heavy atom. The third-order valence-electron chi connectivity index (χ3n) is 3.31. The standard InChI is InChI=1S/C18H17NO7/c1-23-16(20)7-10-19-8-5-13(6-9-19)14(17(21)24-2)12-26-18(22)15-4-3-11-25-15/h3-13H,1-2H3/b10-7+,14-12+. The average Bonchev–Trinajstić information content (AvgIpc) is 3.21. The van der Waals surface area contributed by atoms with Crippen LogP contribution in [0.1, 0.15) is 10.6 Å². The van der Waals surface area contributed by atoms with Crippen LogP contribution in [0.4, 0.5) is 0 Å². The maximum absolute atomic E-state index is 12.0. The van der Waals surface area contributed by atoms with Crippen molar-refractivity contribution in [1.29, 1.82) is 0 Å². The van der Waals surface area contributed by atoms with Gasteiger partial charge in [-0.3, -0.25) is 0 Å². The summed E-state index contributed by atoms with van der Waals surface area (Å²) in [6.45, 7) is 0. The predicted octanol–water partition coefficient (Wildman–Crippen LogP) is 2.14. The van der Waals surface area contributed by atoms with Crippen molar-refractivity contribution in [2.45, 2.75) is 0 Å². The van der Waals surface area contributed by atoms with Crippen molar-refractivity contribution in [3.8, 4) is 0 Å². The van der Waals surface area contributed by atoms with Crippen LogP contribution in [0.3, 0.4) is 0 Å². The first-order valence-electron chi connectivity index (χ1n) is 7.48. The SMILES string of the molecule is COC(=O)/C=C/N1C=CC(/C(=C\OC(=O)c2ccco2)C(=O)OC)C=C1. The molecule has 2 rings (SSSR count). The van der Waals surface area contributed by atoms with Crippen LogP contribution in [0.25, 0.3) is 0 Å². The van der Waals surface area contributed by atoms with Crippen LogP contribution in [0.2, 0.25) is 0 Å². The van der Waals surface area contributed by atoms with Crippen LogP contribution < -0.4 is 0 Å². The number of ether oxygens (including phenoxy) is 3. The second-order valence-corrected chi connectivity index (χ2v) is 4.94. The first-order chi connectivity index (χ1) is 12.5. The van der Waals surface area contributed by atoms with Crippen molar-refractivity contribution in [3.05, 3.63) is 72.8 Å². The first kappa shape index (κ1) is 18.8. The average molecular weight is 359 g/mol. The molecule has 0 spiro atoms. The van der Waals surface area contributed by atoms with E-state index in [-0.39, 0.29) is 11.3 Å². The smallest absolute Gasteiger partial charge is 0.379 e. The van der Waals surface area contributed by atoms with Gasteiger partial charge < -0.3 is 23.5 Å². The molecule has 8 nitrogen and oxygen atoms in total. The van der Waals surface area contributed by atoms with Gasteiger partial charge in [0, 0.05) is 30.6 Å². The third kappa shape index (κ3) is 4.97. The summed E-state index contributed by atoms with van der Waals surface area (Å²) in [5.41, 5.74) is 0.122. The van der Waals surface area contributed by atoms with Crippen LogP contribution in [-0.2, 0) is 23.8 Å². The molecule has 1 aliphatic rings. The van der Waals surface area contributed by atoms with E-state index < -0.39 is 23.8 Å². The Balaban J connectivity index is 2.08. The molecule has 0 amide bonds. The van der Waals surface area contributed by atoms with Gasteiger partial charge in [0.2, 0.25) is 5.76 Å². The second-order valence-electron chi connectivity index (χ2n) is 4.94. The number of carbonyl (C=O) groups is 3. The minimum Gasteiger partial charge on any atom is -0.466 e. The van der Waals surface area contributed by atoms with Crippen molar-refractivity contribution in [2.75, 3.05) is 14.2 Å². The van der Waals surface area contributed by atoms with Crippen LogP contribution >= 0.6 is 0 Å². The van der Waals surface area contributed by atoms with Gasteiger partial charge in [-0.1, -0.05) is 12.2 Å². The summed E-state index contributed by atoms with van der Waals surface area (Å²) < 4.78 is 19.2. The van der Waals surface area contributed by atoms with Crippen molar-refractivity contribution in [2.24, 2.45) is 5.92 Å². The van der Waals surface area contributed by atoms with Gasteiger partial charge in [-0.2, -0.15) is 0 Å². The fraction of sp³-hybridized carbons (Fsp3) is 0.167. The molecule has 0 saturated heterocycles. The summed E-state index contributed by atoms with van der Waals surface area (Å²) in [4.78, 5) is 36.5. The van der Waals surface area contributed by atoms with E-state index in [1.54, 1.807) is 35.5 Å². The summed E-state index contributed by atoms with van der Waals surface area (Å²) in [6.07, 6.45) is 11.7. The Hall–Kier alpha value is -3.55. The van der Waals surface area contributed by atoms with Crippen LogP contribution in [-0.4, -0.2) is 37.0 Å². The lowest BCUT2D eigenvalue weighted by molar-refractivity contribution is -0.136. The normalized spacial score (nSPS) is 14.5. The van der Waals surface area contributed by atoms with Crippen molar-refractivity contribution in [3.63, 3.8) is 0 Å². The zero-order valence-corrected chi connectivity index (χ0v) is 14.2. The summed E-state index contributed by atoms with van der Waals surface area (Å²) in [5.74, 6) is -2.33. The first-order valence-corrected chi connectivity index (χ1v) is 7.48. The van der Waals surface area contributed by atoms with E-state index in [9.17, 15) is 14.4 Å². The van der Waals surface area contributed by atoms with Crippen molar-refractivity contribution >= 4 is 17.9 Å².